The Kier molecular flexibility index (Phi) is 5.60. The summed E-state index contributed by atoms with van der Waals surface area (Å²) in [6.45, 7) is 3.41. The molecule has 0 saturated heterocycles. The maximum Gasteiger partial charge on any atom is 0.335 e. The molecule has 150 valence electrons. The Morgan fingerprint density at radius 3 is 2.33 bits per heavy atom. The van der Waals surface area contributed by atoms with Gasteiger partial charge in [0.2, 0.25) is 11.7 Å². The number of carboxylic acids is 1. The zero-order valence-corrected chi connectivity index (χ0v) is 16.0. The van der Waals surface area contributed by atoms with E-state index in [2.05, 4.69) is 10.3 Å². The van der Waals surface area contributed by atoms with Crippen LogP contribution in [0.2, 0.25) is 0 Å². The van der Waals surface area contributed by atoms with Crippen LogP contribution in [0, 0.1) is 35.3 Å². The first-order chi connectivity index (χ1) is 14.3. The molecule has 9 nitrogen and oxygen atoms in total. The van der Waals surface area contributed by atoms with E-state index in [1.807, 2.05) is 6.07 Å². The lowest BCUT2D eigenvalue weighted by molar-refractivity contribution is -0.384. The van der Waals surface area contributed by atoms with Crippen LogP contribution in [0.3, 0.4) is 0 Å². The Labute approximate surface area is 171 Å². The predicted octanol–water partition coefficient (Wildman–Crippen LogP) is 4.71. The molecule has 0 aliphatic rings. The van der Waals surface area contributed by atoms with Crippen molar-refractivity contribution in [2.45, 2.75) is 13.8 Å². The van der Waals surface area contributed by atoms with Gasteiger partial charge in [-0.25, -0.2) is 4.79 Å². The minimum absolute atomic E-state index is 0.0281. The molecule has 0 saturated carbocycles. The average Bonchev–Trinajstić information content (AvgIpc) is 2.71. The highest BCUT2D eigenvalue weighted by Crippen LogP contribution is 2.33. The summed E-state index contributed by atoms with van der Waals surface area (Å²) < 4.78 is 5.81. The molecule has 1 heterocycles. The lowest BCUT2D eigenvalue weighted by Gasteiger charge is -2.13. The molecule has 0 unspecified atom stereocenters. The Bertz CT molecular complexity index is 1160. The van der Waals surface area contributed by atoms with E-state index in [0.717, 1.165) is 0 Å². The second-order valence-electron chi connectivity index (χ2n) is 6.43. The van der Waals surface area contributed by atoms with Gasteiger partial charge in [0.25, 0.3) is 0 Å². The molecule has 0 radical (unpaired) electrons. The number of aryl methyl sites for hydroxylation is 2. The lowest BCUT2D eigenvalue weighted by Crippen LogP contribution is -2.03. The molecule has 9 heteroatoms. The first kappa shape index (κ1) is 20.3. The fourth-order valence-electron chi connectivity index (χ4n) is 2.83. The van der Waals surface area contributed by atoms with Gasteiger partial charge in [-0.1, -0.05) is 0 Å². The predicted molar refractivity (Wildman–Crippen MR) is 108 cm³/mol. The number of ether oxygens (including phenoxy) is 1. The largest absolute Gasteiger partial charge is 0.478 e. The van der Waals surface area contributed by atoms with Crippen LogP contribution in [-0.4, -0.2) is 21.0 Å². The Hall–Kier alpha value is -4.45. The second-order valence-corrected chi connectivity index (χ2v) is 6.43. The number of carboxylic acid groups (broad SMARTS) is 1. The highest BCUT2D eigenvalue weighted by atomic mass is 16.6. The van der Waals surface area contributed by atoms with Crippen LogP contribution >= 0.6 is 0 Å². The highest BCUT2D eigenvalue weighted by molar-refractivity contribution is 5.88. The molecule has 2 aromatic carbocycles. The molecular weight excluding hydrogens is 388 g/mol. The molecular formula is C21H16N4O5. The van der Waals surface area contributed by atoms with Crippen LogP contribution in [0.1, 0.15) is 27.0 Å². The van der Waals surface area contributed by atoms with Gasteiger partial charge in [0.05, 0.1) is 22.1 Å². The summed E-state index contributed by atoms with van der Waals surface area (Å²) in [5.74, 6) is -0.550. The number of carbonyl (C=O) groups is 1. The highest BCUT2D eigenvalue weighted by Gasteiger charge is 2.18. The van der Waals surface area contributed by atoms with Crippen molar-refractivity contribution in [2.75, 3.05) is 5.32 Å². The summed E-state index contributed by atoms with van der Waals surface area (Å²) in [5, 5.41) is 32.3. The molecule has 3 aromatic rings. The van der Waals surface area contributed by atoms with Crippen LogP contribution in [0.5, 0.6) is 11.6 Å². The van der Waals surface area contributed by atoms with Gasteiger partial charge < -0.3 is 15.2 Å². The van der Waals surface area contributed by atoms with Gasteiger partial charge in [-0.05, 0) is 61.4 Å². The minimum Gasteiger partial charge on any atom is -0.478 e. The molecule has 0 amide bonds. The Morgan fingerprint density at radius 2 is 1.80 bits per heavy atom. The van der Waals surface area contributed by atoms with Gasteiger partial charge >= 0.3 is 11.7 Å². The number of hydrogen-bond donors (Lipinski definition) is 2. The smallest absolute Gasteiger partial charge is 0.335 e. The Balaban J connectivity index is 1.95. The summed E-state index contributed by atoms with van der Waals surface area (Å²) in [7, 11) is 0. The van der Waals surface area contributed by atoms with Gasteiger partial charge in [-0.15, -0.1) is 0 Å². The van der Waals surface area contributed by atoms with Crippen molar-refractivity contribution >= 4 is 23.2 Å². The van der Waals surface area contributed by atoms with Crippen LogP contribution < -0.4 is 10.1 Å². The molecule has 30 heavy (non-hydrogen) atoms. The zero-order valence-electron chi connectivity index (χ0n) is 16.0. The number of nitrogens with zero attached hydrogens (tertiary/aromatic N) is 3. The van der Waals surface area contributed by atoms with E-state index in [4.69, 9.17) is 15.1 Å². The van der Waals surface area contributed by atoms with Crippen LogP contribution in [-0.2, 0) is 0 Å². The molecule has 0 fully saturated rings. The average molecular weight is 404 g/mol. The number of anilines is 2. The maximum absolute atomic E-state index is 11.4. The van der Waals surface area contributed by atoms with Gasteiger partial charge in [0, 0.05) is 17.8 Å². The van der Waals surface area contributed by atoms with Crippen LogP contribution in [0.4, 0.5) is 17.2 Å². The van der Waals surface area contributed by atoms with E-state index < -0.39 is 10.9 Å². The third-order valence-corrected chi connectivity index (χ3v) is 4.24. The number of hydrogen-bond acceptors (Lipinski definition) is 7. The molecule has 0 bridgehead atoms. The number of pyridine rings is 1. The van der Waals surface area contributed by atoms with Gasteiger partial charge in [-0.3, -0.25) is 10.1 Å². The van der Waals surface area contributed by atoms with E-state index in [9.17, 15) is 14.9 Å². The number of nitrogens with one attached hydrogen (secondary N) is 1. The quantitative estimate of drug-likeness (QED) is 0.445. The van der Waals surface area contributed by atoms with E-state index in [1.54, 1.807) is 38.1 Å². The third kappa shape index (κ3) is 4.34. The van der Waals surface area contributed by atoms with Crippen molar-refractivity contribution in [1.82, 2.24) is 4.98 Å². The fraction of sp³-hybridized carbons (Fsp3) is 0.0952. The van der Waals surface area contributed by atoms with Crippen LogP contribution in [0.15, 0.2) is 48.5 Å². The standard InChI is InChI=1S/C21H16N4O5/c1-12-9-15(21(26)27)10-13(2)19(12)30-18-8-7-17(25(28)29)20(24-18)23-16-5-3-14(11-22)4-6-16/h3-10H,1-2H3,(H,23,24)(H,26,27). The minimum atomic E-state index is -1.05. The number of nitriles is 1. The molecule has 2 N–H and O–H groups in total. The van der Waals surface area contributed by atoms with E-state index in [1.165, 1.54) is 24.3 Å². The summed E-state index contributed by atoms with van der Waals surface area (Å²) >= 11 is 0. The van der Waals surface area contributed by atoms with Gasteiger partial charge in [-0.2, -0.15) is 10.2 Å². The summed E-state index contributed by atoms with van der Waals surface area (Å²) in [4.78, 5) is 26.2. The molecule has 0 aliphatic heterocycles. The monoisotopic (exact) mass is 404 g/mol. The number of benzene rings is 2. The molecule has 0 atom stereocenters. The van der Waals surface area contributed by atoms with Crippen molar-refractivity contribution < 1.29 is 19.6 Å². The number of nitro groups is 1. The molecule has 3 rings (SSSR count). The van der Waals surface area contributed by atoms with Crippen LogP contribution in [0.25, 0.3) is 0 Å². The lowest BCUT2D eigenvalue weighted by atomic mass is 10.1. The van der Waals surface area contributed by atoms with E-state index >= 15 is 0 Å². The Morgan fingerprint density at radius 1 is 1.17 bits per heavy atom. The maximum atomic E-state index is 11.4. The zero-order chi connectivity index (χ0) is 21.8. The van der Waals surface area contributed by atoms with Crippen molar-refractivity contribution in [3.05, 3.63) is 80.9 Å². The summed E-state index contributed by atoms with van der Waals surface area (Å²) in [6, 6.07) is 14.0. The fourth-order valence-corrected chi connectivity index (χ4v) is 2.83. The second kappa shape index (κ2) is 8.28. The molecule has 1 aromatic heterocycles. The van der Waals surface area contributed by atoms with Crippen molar-refractivity contribution in [3.8, 4) is 17.7 Å². The van der Waals surface area contributed by atoms with E-state index in [-0.39, 0.29) is 22.9 Å². The molecule has 0 aliphatic carbocycles. The van der Waals surface area contributed by atoms with E-state index in [0.29, 0.717) is 28.1 Å². The van der Waals surface area contributed by atoms with Crippen molar-refractivity contribution in [2.24, 2.45) is 0 Å². The van der Waals surface area contributed by atoms with Gasteiger partial charge in [0.15, 0.2) is 0 Å². The number of rotatable bonds is 6. The molecule has 0 spiro atoms. The topological polar surface area (TPSA) is 138 Å². The summed E-state index contributed by atoms with van der Waals surface area (Å²) in [5.41, 5.74) is 2.04. The first-order valence-electron chi connectivity index (χ1n) is 8.73. The normalized spacial score (nSPS) is 10.2. The number of aromatic nitrogens is 1. The first-order valence-corrected chi connectivity index (χ1v) is 8.73. The van der Waals surface area contributed by atoms with Crippen molar-refractivity contribution in [3.63, 3.8) is 0 Å². The van der Waals surface area contributed by atoms with Crippen molar-refractivity contribution in [1.29, 1.82) is 5.26 Å². The number of aromatic carboxylic acids is 1. The van der Waals surface area contributed by atoms with Gasteiger partial charge in [0.1, 0.15) is 5.75 Å². The third-order valence-electron chi connectivity index (χ3n) is 4.24. The SMILES string of the molecule is Cc1cc(C(=O)O)cc(C)c1Oc1ccc([N+](=O)[O-])c(Nc2ccc(C#N)cc2)n1. The summed E-state index contributed by atoms with van der Waals surface area (Å²) in [6.07, 6.45) is 0.